The fraction of sp³-hybridized carbons (Fsp3) is 0.476. The number of nitrogens with one attached hydrogen (secondary N) is 2. The number of piperidine rings is 1. The topological polar surface area (TPSA) is 87.5 Å². The Labute approximate surface area is 176 Å². The third kappa shape index (κ3) is 5.16. The van der Waals surface area contributed by atoms with Gasteiger partial charge in [-0.3, -0.25) is 9.59 Å². The van der Waals surface area contributed by atoms with Crippen LogP contribution in [0.4, 0.5) is 0 Å². The first-order valence-corrected chi connectivity index (χ1v) is 10.0. The van der Waals surface area contributed by atoms with Gasteiger partial charge >= 0.3 is 0 Å². The van der Waals surface area contributed by atoms with Crippen LogP contribution in [-0.2, 0) is 4.79 Å². The molecule has 2 amide bonds. The fourth-order valence-corrected chi connectivity index (χ4v) is 3.94. The van der Waals surface area contributed by atoms with E-state index in [0.29, 0.717) is 31.2 Å². The Morgan fingerprint density at radius 3 is 2.79 bits per heavy atom. The largest absolute Gasteiger partial charge is 0.444 e. The smallest absolute Gasteiger partial charge is 0.275 e. The second-order valence-electron chi connectivity index (χ2n) is 7.56. The van der Waals surface area contributed by atoms with Crippen molar-refractivity contribution in [1.82, 2.24) is 20.5 Å². The zero-order valence-electron chi connectivity index (χ0n) is 16.3. The van der Waals surface area contributed by atoms with Crippen molar-refractivity contribution in [2.75, 3.05) is 26.2 Å². The number of aromatic nitrogens is 1. The van der Waals surface area contributed by atoms with Gasteiger partial charge in [-0.25, -0.2) is 4.98 Å². The van der Waals surface area contributed by atoms with Crippen molar-refractivity contribution >= 4 is 24.2 Å². The molecule has 1 aromatic carbocycles. The lowest BCUT2D eigenvalue weighted by atomic mass is 9.97. The number of hydrogen-bond donors (Lipinski definition) is 2. The van der Waals surface area contributed by atoms with E-state index in [1.165, 1.54) is 6.26 Å². The minimum absolute atomic E-state index is 0. The molecule has 7 nitrogen and oxygen atoms in total. The summed E-state index contributed by atoms with van der Waals surface area (Å²) in [5, 5.41) is 6.26. The highest BCUT2D eigenvalue weighted by molar-refractivity contribution is 5.92. The predicted octanol–water partition coefficient (Wildman–Crippen LogP) is 2.48. The summed E-state index contributed by atoms with van der Waals surface area (Å²) in [6.07, 6.45) is 5.32. The highest BCUT2D eigenvalue weighted by Crippen LogP contribution is 2.21. The molecule has 2 unspecified atom stereocenters. The molecule has 0 saturated carbocycles. The van der Waals surface area contributed by atoms with Crippen molar-refractivity contribution in [1.29, 1.82) is 0 Å². The predicted molar refractivity (Wildman–Crippen MR) is 112 cm³/mol. The summed E-state index contributed by atoms with van der Waals surface area (Å²) < 4.78 is 5.50. The lowest BCUT2D eigenvalue weighted by molar-refractivity contribution is -0.123. The van der Waals surface area contributed by atoms with E-state index in [9.17, 15) is 9.59 Å². The summed E-state index contributed by atoms with van der Waals surface area (Å²) in [5.41, 5.74) is 1.18. The molecule has 2 aliphatic rings. The van der Waals surface area contributed by atoms with Crippen molar-refractivity contribution in [3.05, 3.63) is 42.3 Å². The first-order chi connectivity index (χ1) is 13.7. The Morgan fingerprint density at radius 1 is 1.21 bits per heavy atom. The first kappa shape index (κ1) is 21.3. The molecule has 0 spiro atoms. The third-order valence-electron chi connectivity index (χ3n) is 5.49. The van der Waals surface area contributed by atoms with Crippen LogP contribution < -0.4 is 10.6 Å². The molecule has 0 radical (unpaired) electrons. The van der Waals surface area contributed by atoms with Gasteiger partial charge in [-0.1, -0.05) is 18.2 Å². The number of hydrogen-bond acceptors (Lipinski definition) is 5. The molecule has 2 saturated heterocycles. The second kappa shape index (κ2) is 9.89. The van der Waals surface area contributed by atoms with Crippen molar-refractivity contribution in [2.45, 2.75) is 31.7 Å². The number of halogens is 1. The maximum absolute atomic E-state index is 12.8. The molecule has 156 valence electrons. The Morgan fingerprint density at radius 2 is 2.03 bits per heavy atom. The van der Waals surface area contributed by atoms with Crippen LogP contribution in [0, 0.1) is 5.92 Å². The molecular formula is C21H27ClN4O3. The molecule has 2 aromatic rings. The Bertz CT molecular complexity index is 820. The van der Waals surface area contributed by atoms with E-state index in [4.69, 9.17) is 4.42 Å². The van der Waals surface area contributed by atoms with Gasteiger partial charge in [0.05, 0.1) is 6.04 Å². The zero-order chi connectivity index (χ0) is 19.3. The van der Waals surface area contributed by atoms with E-state index >= 15 is 0 Å². The van der Waals surface area contributed by atoms with E-state index in [-0.39, 0.29) is 36.2 Å². The number of carbonyl (C=O) groups excluding carboxylic acids is 2. The van der Waals surface area contributed by atoms with Crippen LogP contribution in [0.15, 0.2) is 41.0 Å². The standard InChI is InChI=1S/C21H26N4O3.ClH/c26-19(17-9-4-10-22-17)23-12-15-6-5-11-25(13-15)21(27)18-14-28-20(24-18)16-7-2-1-3-8-16;/h1-3,7-8,14-15,17,22H,4-6,9-13H2,(H,23,26);1H. The van der Waals surface area contributed by atoms with Gasteiger partial charge in [0.25, 0.3) is 5.91 Å². The Kier molecular flexibility index (Phi) is 7.28. The fourth-order valence-electron chi connectivity index (χ4n) is 3.94. The van der Waals surface area contributed by atoms with Gasteiger partial charge in [-0.15, -0.1) is 12.4 Å². The quantitative estimate of drug-likeness (QED) is 0.778. The number of benzene rings is 1. The van der Waals surface area contributed by atoms with Crippen molar-refractivity contribution in [3.8, 4) is 11.5 Å². The zero-order valence-corrected chi connectivity index (χ0v) is 17.1. The van der Waals surface area contributed by atoms with Gasteiger partial charge in [0.15, 0.2) is 5.69 Å². The monoisotopic (exact) mass is 418 g/mol. The lowest BCUT2D eigenvalue weighted by Gasteiger charge is -2.32. The van der Waals surface area contributed by atoms with Crippen LogP contribution in [0.5, 0.6) is 0 Å². The molecule has 0 aliphatic carbocycles. The Hall–Kier alpha value is -2.38. The molecule has 0 bridgehead atoms. The van der Waals surface area contributed by atoms with Crippen molar-refractivity contribution < 1.29 is 14.0 Å². The SMILES string of the molecule is Cl.O=C(NCC1CCCN(C(=O)c2coc(-c3ccccc3)n2)C1)C1CCCN1. The number of nitrogens with zero attached hydrogens (tertiary/aromatic N) is 2. The van der Waals surface area contributed by atoms with Crippen LogP contribution >= 0.6 is 12.4 Å². The molecule has 2 fully saturated rings. The molecule has 4 rings (SSSR count). The van der Waals surface area contributed by atoms with Gasteiger partial charge in [-0.2, -0.15) is 0 Å². The second-order valence-corrected chi connectivity index (χ2v) is 7.56. The number of likely N-dealkylation sites (tertiary alicyclic amines) is 1. The minimum Gasteiger partial charge on any atom is -0.444 e. The van der Waals surface area contributed by atoms with Gasteiger partial charge in [-0.05, 0) is 50.3 Å². The molecule has 2 N–H and O–H groups in total. The summed E-state index contributed by atoms with van der Waals surface area (Å²) in [4.78, 5) is 31.2. The van der Waals surface area contributed by atoms with Crippen LogP contribution in [0.3, 0.4) is 0 Å². The van der Waals surface area contributed by atoms with E-state index in [1.54, 1.807) is 0 Å². The summed E-state index contributed by atoms with van der Waals surface area (Å²) in [5.74, 6) is 0.682. The number of amides is 2. The summed E-state index contributed by atoms with van der Waals surface area (Å²) in [6.45, 7) is 2.85. The third-order valence-corrected chi connectivity index (χ3v) is 5.49. The maximum atomic E-state index is 12.8. The summed E-state index contributed by atoms with van der Waals surface area (Å²) in [7, 11) is 0. The number of rotatable bonds is 5. The highest BCUT2D eigenvalue weighted by atomic mass is 35.5. The van der Waals surface area contributed by atoms with Crippen LogP contribution in [-0.4, -0.2) is 53.9 Å². The maximum Gasteiger partial charge on any atom is 0.275 e. The minimum atomic E-state index is -0.112. The Balaban J connectivity index is 0.00000240. The number of oxazole rings is 1. The van der Waals surface area contributed by atoms with Gasteiger partial charge in [0.2, 0.25) is 11.8 Å². The lowest BCUT2D eigenvalue weighted by Crippen LogP contribution is -2.46. The van der Waals surface area contributed by atoms with Gasteiger partial charge in [0.1, 0.15) is 6.26 Å². The van der Waals surface area contributed by atoms with Gasteiger partial charge < -0.3 is 20.0 Å². The van der Waals surface area contributed by atoms with E-state index in [1.807, 2.05) is 35.2 Å². The van der Waals surface area contributed by atoms with E-state index < -0.39 is 0 Å². The molecule has 3 heterocycles. The molecule has 8 heteroatoms. The van der Waals surface area contributed by atoms with Crippen LogP contribution in [0.2, 0.25) is 0 Å². The van der Waals surface area contributed by atoms with Crippen LogP contribution in [0.1, 0.15) is 36.2 Å². The number of carbonyl (C=O) groups is 2. The average Bonchev–Trinajstić information content (AvgIpc) is 3.45. The van der Waals surface area contributed by atoms with E-state index in [0.717, 1.165) is 37.8 Å². The summed E-state index contributed by atoms with van der Waals surface area (Å²) in [6, 6.07) is 9.48. The van der Waals surface area contributed by atoms with Crippen molar-refractivity contribution in [2.24, 2.45) is 5.92 Å². The highest BCUT2D eigenvalue weighted by Gasteiger charge is 2.28. The van der Waals surface area contributed by atoms with E-state index in [2.05, 4.69) is 15.6 Å². The molecular weight excluding hydrogens is 392 g/mol. The first-order valence-electron chi connectivity index (χ1n) is 10.0. The molecule has 1 aromatic heterocycles. The normalized spacial score (nSPS) is 21.4. The van der Waals surface area contributed by atoms with Crippen molar-refractivity contribution in [3.63, 3.8) is 0 Å². The van der Waals surface area contributed by atoms with Crippen LogP contribution in [0.25, 0.3) is 11.5 Å². The molecule has 2 aliphatic heterocycles. The average molecular weight is 419 g/mol. The van der Waals surface area contributed by atoms with Gasteiger partial charge in [0, 0.05) is 25.2 Å². The molecule has 2 atom stereocenters. The molecule has 29 heavy (non-hydrogen) atoms. The summed E-state index contributed by atoms with van der Waals surface area (Å²) >= 11 is 0.